The molecule has 0 saturated heterocycles. The Morgan fingerprint density at radius 1 is 1.27 bits per heavy atom. The van der Waals surface area contributed by atoms with Crippen LogP contribution in [-0.2, 0) is 5.54 Å². The summed E-state index contributed by atoms with van der Waals surface area (Å²) in [5.74, 6) is 0.0390. The molecule has 3 nitrogen and oxygen atoms in total. The van der Waals surface area contributed by atoms with Gasteiger partial charge in [0.2, 0.25) is 0 Å². The zero-order valence-corrected chi connectivity index (χ0v) is 8.29. The van der Waals surface area contributed by atoms with E-state index in [-0.39, 0.29) is 11.4 Å². The molecule has 0 fully saturated rings. The van der Waals surface area contributed by atoms with Crippen LogP contribution in [0, 0.1) is 0 Å². The summed E-state index contributed by atoms with van der Waals surface area (Å²) in [6.07, 6.45) is 4.87. The van der Waals surface area contributed by atoms with Crippen molar-refractivity contribution in [2.24, 2.45) is 0 Å². The molecule has 1 unspecified atom stereocenters. The van der Waals surface area contributed by atoms with E-state index in [9.17, 15) is 4.79 Å². The van der Waals surface area contributed by atoms with Gasteiger partial charge in [-0.05, 0) is 30.3 Å². The van der Waals surface area contributed by atoms with Crippen LogP contribution in [0.2, 0.25) is 0 Å². The lowest BCUT2D eigenvalue weighted by molar-refractivity contribution is 0.0939. The molecule has 2 N–H and O–H groups in total. The van der Waals surface area contributed by atoms with Crippen LogP contribution < -0.4 is 10.6 Å². The molecular weight excluding hydrogens is 188 g/mol. The number of nitrogens with one attached hydrogen (secondary N) is 2. The fourth-order valence-corrected chi connectivity index (χ4v) is 2.37. The van der Waals surface area contributed by atoms with E-state index in [4.69, 9.17) is 0 Å². The first-order valence-electron chi connectivity index (χ1n) is 5.15. The molecule has 76 valence electrons. The van der Waals surface area contributed by atoms with Gasteiger partial charge < -0.3 is 10.6 Å². The first kappa shape index (κ1) is 8.53. The first-order valence-corrected chi connectivity index (χ1v) is 5.15. The largest absolute Gasteiger partial charge is 0.391 e. The number of rotatable bonds is 0. The number of amides is 1. The third kappa shape index (κ3) is 1.09. The van der Waals surface area contributed by atoms with Crippen LogP contribution in [0.25, 0.3) is 0 Å². The van der Waals surface area contributed by atoms with E-state index in [1.807, 2.05) is 36.5 Å². The maximum atomic E-state index is 11.8. The molecule has 0 aliphatic carbocycles. The van der Waals surface area contributed by atoms with Gasteiger partial charge in [0, 0.05) is 12.1 Å². The molecule has 1 spiro atoms. The van der Waals surface area contributed by atoms with Crippen molar-refractivity contribution in [3.8, 4) is 0 Å². The highest BCUT2D eigenvalue weighted by Gasteiger charge is 2.40. The zero-order chi connectivity index (χ0) is 10.3. The molecule has 1 atom stereocenters. The van der Waals surface area contributed by atoms with Gasteiger partial charge in [-0.2, -0.15) is 0 Å². The van der Waals surface area contributed by atoms with Crippen LogP contribution in [-0.4, -0.2) is 12.5 Å². The molecule has 3 heteroatoms. The van der Waals surface area contributed by atoms with Gasteiger partial charge in [0.25, 0.3) is 5.91 Å². The third-order valence-corrected chi connectivity index (χ3v) is 3.14. The summed E-state index contributed by atoms with van der Waals surface area (Å²) >= 11 is 0. The third-order valence-electron chi connectivity index (χ3n) is 3.14. The predicted molar refractivity (Wildman–Crippen MR) is 57.3 cm³/mol. The summed E-state index contributed by atoms with van der Waals surface area (Å²) in [5.41, 5.74) is 1.65. The topological polar surface area (TPSA) is 41.1 Å². The van der Waals surface area contributed by atoms with Crippen molar-refractivity contribution in [2.75, 3.05) is 6.54 Å². The number of carbonyl (C=O) groups is 1. The molecule has 1 aromatic rings. The monoisotopic (exact) mass is 200 g/mol. The molecule has 1 aromatic carbocycles. The summed E-state index contributed by atoms with van der Waals surface area (Å²) < 4.78 is 0. The van der Waals surface area contributed by atoms with E-state index in [1.54, 1.807) is 0 Å². The Kier molecular flexibility index (Phi) is 1.63. The van der Waals surface area contributed by atoms with Crippen molar-refractivity contribution in [2.45, 2.75) is 12.0 Å². The van der Waals surface area contributed by atoms with Crippen LogP contribution >= 0.6 is 0 Å². The van der Waals surface area contributed by atoms with E-state index in [1.165, 1.54) is 0 Å². The van der Waals surface area contributed by atoms with E-state index < -0.39 is 0 Å². The quantitative estimate of drug-likeness (QED) is 0.659. The van der Waals surface area contributed by atoms with Gasteiger partial charge in [0.15, 0.2) is 0 Å². The van der Waals surface area contributed by atoms with Gasteiger partial charge >= 0.3 is 0 Å². The van der Waals surface area contributed by atoms with Crippen LogP contribution in [0.5, 0.6) is 0 Å². The Morgan fingerprint density at radius 3 is 2.93 bits per heavy atom. The van der Waals surface area contributed by atoms with Crippen LogP contribution in [0.15, 0.2) is 36.5 Å². The van der Waals surface area contributed by atoms with Crippen LogP contribution in [0.4, 0.5) is 0 Å². The lowest BCUT2D eigenvalue weighted by Crippen LogP contribution is -2.42. The number of benzene rings is 1. The Balaban J connectivity index is 2.18. The molecule has 0 aromatic heterocycles. The van der Waals surface area contributed by atoms with Crippen LogP contribution in [0.1, 0.15) is 22.3 Å². The molecule has 2 heterocycles. The molecule has 2 aliphatic heterocycles. The second-order valence-corrected chi connectivity index (χ2v) is 4.01. The summed E-state index contributed by atoms with van der Waals surface area (Å²) in [7, 11) is 0. The maximum Gasteiger partial charge on any atom is 0.252 e. The molecular formula is C12H12N2O. The van der Waals surface area contributed by atoms with Crippen molar-refractivity contribution in [3.63, 3.8) is 0 Å². The molecule has 2 aliphatic rings. The Morgan fingerprint density at radius 2 is 2.13 bits per heavy atom. The number of hydrogen-bond acceptors (Lipinski definition) is 2. The molecule has 15 heavy (non-hydrogen) atoms. The van der Waals surface area contributed by atoms with Crippen LogP contribution in [0.3, 0.4) is 0 Å². The summed E-state index contributed by atoms with van der Waals surface area (Å²) in [6.45, 7) is 0.894. The average Bonchev–Trinajstić information content (AvgIpc) is 2.55. The molecule has 0 radical (unpaired) electrons. The average molecular weight is 200 g/mol. The molecule has 0 bridgehead atoms. The van der Waals surface area contributed by atoms with Gasteiger partial charge in [-0.15, -0.1) is 0 Å². The number of fused-ring (bicyclic) bond motifs is 2. The van der Waals surface area contributed by atoms with Gasteiger partial charge in [-0.3, -0.25) is 4.79 Å². The first-order chi connectivity index (χ1) is 7.32. The zero-order valence-electron chi connectivity index (χ0n) is 8.29. The fourth-order valence-electron chi connectivity index (χ4n) is 2.37. The van der Waals surface area contributed by atoms with Gasteiger partial charge in [0.1, 0.15) is 0 Å². The number of hydrogen-bond donors (Lipinski definition) is 2. The standard InChI is InChI=1S/C12H12N2O/c15-11-9-3-1-2-4-10(9)12(14-11)5-7-13-8-6-12/h1-5,7,13H,6,8H2,(H,14,15). The van der Waals surface area contributed by atoms with E-state index >= 15 is 0 Å². The second kappa shape index (κ2) is 2.86. The van der Waals surface area contributed by atoms with Gasteiger partial charge in [0.05, 0.1) is 5.54 Å². The minimum Gasteiger partial charge on any atom is -0.391 e. The van der Waals surface area contributed by atoms with Crippen molar-refractivity contribution in [3.05, 3.63) is 47.7 Å². The molecule has 0 saturated carbocycles. The van der Waals surface area contributed by atoms with Crippen molar-refractivity contribution >= 4 is 5.91 Å². The minimum absolute atomic E-state index is 0.0390. The van der Waals surface area contributed by atoms with E-state index in [2.05, 4.69) is 10.6 Å². The summed E-state index contributed by atoms with van der Waals surface area (Å²) in [4.78, 5) is 11.8. The normalized spacial score (nSPS) is 27.3. The Labute approximate surface area is 88.2 Å². The van der Waals surface area contributed by atoms with Crippen molar-refractivity contribution in [1.82, 2.24) is 10.6 Å². The lowest BCUT2D eigenvalue weighted by Gasteiger charge is -2.30. The smallest absolute Gasteiger partial charge is 0.252 e. The number of carbonyl (C=O) groups excluding carboxylic acids is 1. The molecule has 1 amide bonds. The predicted octanol–water partition coefficient (Wildman–Crippen LogP) is 1.13. The second-order valence-electron chi connectivity index (χ2n) is 4.01. The SMILES string of the molecule is O=C1NC2(C=CNCC2)c2ccccc21. The summed E-state index contributed by atoms with van der Waals surface area (Å²) in [6, 6.07) is 7.80. The highest BCUT2D eigenvalue weighted by atomic mass is 16.2. The lowest BCUT2D eigenvalue weighted by atomic mass is 9.86. The Bertz CT molecular complexity index is 453. The fraction of sp³-hybridized carbons (Fsp3) is 0.250. The van der Waals surface area contributed by atoms with E-state index in [0.29, 0.717) is 0 Å². The Hall–Kier alpha value is -1.77. The highest BCUT2D eigenvalue weighted by Crippen LogP contribution is 2.35. The minimum atomic E-state index is -0.265. The summed E-state index contributed by atoms with van der Waals surface area (Å²) in [5, 5.41) is 6.22. The van der Waals surface area contributed by atoms with Crippen molar-refractivity contribution in [1.29, 1.82) is 0 Å². The maximum absolute atomic E-state index is 11.8. The van der Waals surface area contributed by atoms with Gasteiger partial charge in [-0.1, -0.05) is 18.2 Å². The molecule has 3 rings (SSSR count). The highest BCUT2D eigenvalue weighted by molar-refractivity contribution is 6.00. The van der Waals surface area contributed by atoms with E-state index in [0.717, 1.165) is 24.1 Å². The van der Waals surface area contributed by atoms with Gasteiger partial charge in [-0.25, -0.2) is 0 Å². The van der Waals surface area contributed by atoms with Crippen molar-refractivity contribution < 1.29 is 4.79 Å².